The molecule has 2 aliphatic rings. The van der Waals surface area contributed by atoms with Gasteiger partial charge < -0.3 is 18.0 Å². The normalized spacial score (nSPS) is 29.3. The van der Waals surface area contributed by atoms with Crippen molar-refractivity contribution >= 4 is 65.9 Å². The van der Waals surface area contributed by atoms with Crippen molar-refractivity contribution in [3.63, 3.8) is 0 Å². The largest absolute Gasteiger partial charge is 0.458 e. The first kappa shape index (κ1) is 53.7. The Bertz CT molecular complexity index is 1550. The van der Waals surface area contributed by atoms with Gasteiger partial charge in [-0.2, -0.15) is 0 Å². The molecular weight excluding hydrogens is 837 g/mol. The van der Waals surface area contributed by atoms with Gasteiger partial charge in [-0.05, 0) is 105 Å². The highest BCUT2D eigenvalue weighted by Crippen LogP contribution is 2.49. The number of fused-ring (bicyclic) bond motifs is 1. The minimum atomic E-state index is -2.26. The second kappa shape index (κ2) is 22.0. The molecule has 8 atom stereocenters. The number of aromatic nitrogens is 1. The third-order valence-corrected chi connectivity index (χ3v) is 31.5. The summed E-state index contributed by atoms with van der Waals surface area (Å²) in [6.45, 7) is 39.5. The SMILES string of the molecule is CC[Si](CC)(CC)O[C@H]1[C@@H](C)CCC[C@]2(C)[C@H](C[C@@H](/C(C)=C/c3csc(SC)n3)OC(=O)C[C@H](O[Si](CC)(CC)CC)C(C)(C)C(=O)[C@@H]1C)N2CCO[Si](C)(C)C(C)(C)C. The van der Waals surface area contributed by atoms with E-state index < -0.39 is 42.6 Å². The molecule has 0 radical (unpaired) electrons. The van der Waals surface area contributed by atoms with E-state index in [1.165, 1.54) is 0 Å². The summed E-state index contributed by atoms with van der Waals surface area (Å²) >= 11 is 3.28. The summed E-state index contributed by atoms with van der Waals surface area (Å²) in [6, 6.07) is 6.10. The molecule has 0 amide bonds. The lowest BCUT2D eigenvalue weighted by Gasteiger charge is -2.44. The lowest BCUT2D eigenvalue weighted by molar-refractivity contribution is -0.153. The van der Waals surface area contributed by atoms with Crippen molar-refractivity contribution < 1.29 is 27.6 Å². The molecule has 8 nitrogen and oxygen atoms in total. The number of rotatable bonds is 17. The molecule has 0 N–H and O–H groups in total. The van der Waals surface area contributed by atoms with E-state index in [0.717, 1.165) is 77.7 Å². The fraction of sp³-hybridized carbons (Fsp3) is 0.851. The van der Waals surface area contributed by atoms with Gasteiger partial charge in [0.1, 0.15) is 16.2 Å². The van der Waals surface area contributed by atoms with E-state index in [9.17, 15) is 4.79 Å². The number of nitrogens with zero attached hydrogens (tertiary/aromatic N) is 2. The number of thioether (sulfide) groups is 1. The molecule has 13 heteroatoms. The van der Waals surface area contributed by atoms with Gasteiger partial charge in [-0.3, -0.25) is 14.5 Å². The number of hydrogen-bond donors (Lipinski definition) is 0. The Morgan fingerprint density at radius 2 is 1.55 bits per heavy atom. The maximum absolute atomic E-state index is 15.2. The number of esters is 1. The molecule has 0 bridgehead atoms. The molecule has 2 fully saturated rings. The number of thiazole rings is 1. The summed E-state index contributed by atoms with van der Waals surface area (Å²) in [5, 5.41) is 2.21. The van der Waals surface area contributed by atoms with Gasteiger partial charge in [-0.1, -0.05) is 108 Å². The van der Waals surface area contributed by atoms with Crippen LogP contribution in [-0.2, 0) is 27.6 Å². The van der Waals surface area contributed by atoms with Crippen LogP contribution in [0.2, 0.25) is 54.4 Å². The van der Waals surface area contributed by atoms with Crippen LogP contribution < -0.4 is 0 Å². The van der Waals surface area contributed by atoms with Crippen molar-refractivity contribution in [3.8, 4) is 0 Å². The molecule has 346 valence electrons. The zero-order valence-corrected chi connectivity index (χ0v) is 46.1. The average molecular weight is 926 g/mol. The van der Waals surface area contributed by atoms with Gasteiger partial charge in [0.15, 0.2) is 25.0 Å². The van der Waals surface area contributed by atoms with Crippen LogP contribution in [0, 0.1) is 17.3 Å². The van der Waals surface area contributed by atoms with E-state index in [1.807, 2.05) is 20.1 Å². The van der Waals surface area contributed by atoms with Gasteiger partial charge in [-0.25, -0.2) is 4.98 Å². The Morgan fingerprint density at radius 1 is 0.983 bits per heavy atom. The number of Topliss-reactive ketones (excluding diaryl/α,β-unsaturated/α-hetero) is 1. The molecule has 3 heterocycles. The Morgan fingerprint density at radius 3 is 2.07 bits per heavy atom. The highest BCUT2D eigenvalue weighted by atomic mass is 32.2. The zero-order chi connectivity index (χ0) is 45.5. The minimum Gasteiger partial charge on any atom is -0.458 e. The predicted octanol–water partition coefficient (Wildman–Crippen LogP) is 13.3. The van der Waals surface area contributed by atoms with Crippen molar-refractivity contribution in [2.24, 2.45) is 17.3 Å². The van der Waals surface area contributed by atoms with Crippen molar-refractivity contribution in [2.75, 3.05) is 19.4 Å². The summed E-state index contributed by atoms with van der Waals surface area (Å²) in [5.74, 6) is -0.330. The van der Waals surface area contributed by atoms with E-state index in [-0.39, 0.29) is 52.7 Å². The fourth-order valence-corrected chi connectivity index (χ4v) is 17.8. The second-order valence-electron chi connectivity index (χ2n) is 20.6. The van der Waals surface area contributed by atoms with Gasteiger partial charge in [0, 0.05) is 47.9 Å². The molecule has 0 aliphatic carbocycles. The van der Waals surface area contributed by atoms with E-state index >= 15 is 4.79 Å². The maximum atomic E-state index is 15.2. The van der Waals surface area contributed by atoms with Gasteiger partial charge in [0.05, 0.1) is 24.3 Å². The maximum Gasteiger partial charge on any atom is 0.309 e. The average Bonchev–Trinajstić information content (AvgIpc) is 3.47. The molecule has 60 heavy (non-hydrogen) atoms. The number of ketones is 1. The molecule has 3 rings (SSSR count). The Hall–Kier alpha value is -0.649. The van der Waals surface area contributed by atoms with Crippen molar-refractivity contribution in [2.45, 2.75) is 225 Å². The van der Waals surface area contributed by atoms with Crippen LogP contribution in [0.25, 0.3) is 6.08 Å². The summed E-state index contributed by atoms with van der Waals surface area (Å²) in [6.07, 6.45) is 6.63. The number of ether oxygens (including phenoxy) is 1. The van der Waals surface area contributed by atoms with Crippen LogP contribution in [0.3, 0.4) is 0 Å². The fourth-order valence-electron chi connectivity index (χ4n) is 9.53. The summed E-state index contributed by atoms with van der Waals surface area (Å²) < 4.78 is 29.1. The van der Waals surface area contributed by atoms with Crippen LogP contribution in [0.1, 0.15) is 142 Å². The van der Waals surface area contributed by atoms with Crippen LogP contribution in [0.5, 0.6) is 0 Å². The highest BCUT2D eigenvalue weighted by Gasteiger charge is 2.59. The number of carbonyl (C=O) groups is 2. The molecule has 2 aliphatic heterocycles. The van der Waals surface area contributed by atoms with Crippen molar-refractivity contribution in [3.05, 3.63) is 16.6 Å². The minimum absolute atomic E-state index is 0.0297. The summed E-state index contributed by atoms with van der Waals surface area (Å²) in [7, 11) is -6.27. The van der Waals surface area contributed by atoms with E-state index in [0.29, 0.717) is 13.0 Å². The third kappa shape index (κ3) is 12.8. The van der Waals surface area contributed by atoms with Gasteiger partial charge >= 0.3 is 5.97 Å². The van der Waals surface area contributed by atoms with E-state index in [1.54, 1.807) is 23.1 Å². The summed E-state index contributed by atoms with van der Waals surface area (Å²) in [5.41, 5.74) is 0.870. The Labute approximate surface area is 379 Å². The first-order valence-corrected chi connectivity index (χ1v) is 33.6. The molecule has 0 saturated carbocycles. The second-order valence-corrected chi connectivity index (χ2v) is 36.8. The molecule has 2 saturated heterocycles. The first-order valence-electron chi connectivity index (χ1n) is 23.6. The van der Waals surface area contributed by atoms with Gasteiger partial charge in [-0.15, -0.1) is 11.3 Å². The van der Waals surface area contributed by atoms with Crippen LogP contribution in [0.15, 0.2) is 15.3 Å². The standard InChI is InChI=1S/C47H88N2O6S2Si3/c1-19-59(20-2,21-3)54-40-32-41(50)53-38(35(8)30-37-33-57-44(48-37)56-16)31-39-47(15,49(39)28-29-52-58(17,18)45(10,11)12)27-25-26-34(7)42(36(9)43(51)46(40,13)14)55-60(22-4,23-5)24-6/h30,33-34,36,38-40,42H,19-29,31-32H2,1-18H3/b35-30+/t34-,36+,38-,39-,40-,42-,47+,49?/m0/s1. The van der Waals surface area contributed by atoms with E-state index in [4.69, 9.17) is 23.0 Å². The predicted molar refractivity (Wildman–Crippen MR) is 264 cm³/mol. The van der Waals surface area contributed by atoms with Gasteiger partial charge in [0.25, 0.3) is 0 Å². The first-order chi connectivity index (χ1) is 27.9. The summed E-state index contributed by atoms with van der Waals surface area (Å²) in [4.78, 5) is 37.3. The van der Waals surface area contributed by atoms with Crippen molar-refractivity contribution in [1.82, 2.24) is 9.88 Å². The third-order valence-electron chi connectivity index (χ3n) is 15.8. The molecule has 1 aromatic rings. The molecule has 0 spiro atoms. The molecular formula is C47H88N2O6S2Si3. The topological polar surface area (TPSA) is 87.0 Å². The van der Waals surface area contributed by atoms with Crippen LogP contribution in [-0.4, -0.2) is 95.9 Å². The van der Waals surface area contributed by atoms with Crippen molar-refractivity contribution in [1.29, 1.82) is 0 Å². The highest BCUT2D eigenvalue weighted by molar-refractivity contribution is 8.00. The molecule has 1 aromatic heterocycles. The molecule has 0 aromatic carbocycles. The molecule has 1 unspecified atom stereocenters. The van der Waals surface area contributed by atoms with Crippen LogP contribution in [0.4, 0.5) is 0 Å². The number of hydrogen-bond acceptors (Lipinski definition) is 10. The Kier molecular flexibility index (Phi) is 19.7. The van der Waals surface area contributed by atoms with Crippen LogP contribution >= 0.6 is 23.1 Å². The monoisotopic (exact) mass is 925 g/mol. The smallest absolute Gasteiger partial charge is 0.309 e. The lowest BCUT2D eigenvalue weighted by atomic mass is 9.73. The number of carbonyl (C=O) groups excluding carboxylic acids is 2. The zero-order valence-electron chi connectivity index (χ0n) is 41.5. The van der Waals surface area contributed by atoms with E-state index in [2.05, 4.69) is 119 Å². The lowest BCUT2D eigenvalue weighted by Crippen LogP contribution is -2.53. The Balaban J connectivity index is 2.17. The number of cyclic esters (lactones) is 1. The quantitative estimate of drug-likeness (QED) is 0.0656. The van der Waals surface area contributed by atoms with Gasteiger partial charge in [0.2, 0.25) is 0 Å².